The Labute approximate surface area is 177 Å². The number of hydrogen-bond acceptors (Lipinski definition) is 7. The van der Waals surface area contributed by atoms with Crippen molar-refractivity contribution >= 4 is 29.2 Å². The third kappa shape index (κ3) is 3.72. The summed E-state index contributed by atoms with van der Waals surface area (Å²) in [6.45, 7) is 4.13. The van der Waals surface area contributed by atoms with Crippen molar-refractivity contribution in [3.05, 3.63) is 44.2 Å². The maximum atomic E-state index is 12.6. The van der Waals surface area contributed by atoms with E-state index in [1.807, 2.05) is 11.8 Å². The van der Waals surface area contributed by atoms with Gasteiger partial charge in [-0.15, -0.1) is 0 Å². The first-order chi connectivity index (χ1) is 13.8. The van der Waals surface area contributed by atoms with Gasteiger partial charge in [0, 0.05) is 42.7 Å². The van der Waals surface area contributed by atoms with Crippen LogP contribution < -0.4 is 21.8 Å². The number of anilines is 1. The van der Waals surface area contributed by atoms with Crippen molar-refractivity contribution < 1.29 is 4.74 Å². The molecule has 1 spiro atoms. The van der Waals surface area contributed by atoms with E-state index in [0.29, 0.717) is 35.4 Å². The van der Waals surface area contributed by atoms with Crippen LogP contribution in [0.5, 0.6) is 0 Å². The summed E-state index contributed by atoms with van der Waals surface area (Å²) >= 11 is 7.33. The van der Waals surface area contributed by atoms with Crippen LogP contribution in [0.3, 0.4) is 0 Å². The summed E-state index contributed by atoms with van der Waals surface area (Å²) in [6.07, 6.45) is 5.06. The number of aromatic amines is 1. The number of pyridine rings is 1. The molecule has 0 radical (unpaired) electrons. The van der Waals surface area contributed by atoms with Gasteiger partial charge in [0.05, 0.1) is 23.9 Å². The Morgan fingerprint density at radius 1 is 1.38 bits per heavy atom. The van der Waals surface area contributed by atoms with E-state index in [9.17, 15) is 9.59 Å². The number of aryl methyl sites for hydroxylation is 1. The van der Waals surface area contributed by atoms with E-state index in [-0.39, 0.29) is 33.7 Å². The fraction of sp³-hybridized carbons (Fsp3) is 0.526. The van der Waals surface area contributed by atoms with Gasteiger partial charge in [-0.1, -0.05) is 23.4 Å². The van der Waals surface area contributed by atoms with Crippen molar-refractivity contribution in [2.75, 3.05) is 24.6 Å². The van der Waals surface area contributed by atoms with E-state index in [1.54, 1.807) is 25.5 Å². The number of nitrogens with one attached hydrogen (secondary N) is 1. The molecule has 0 bridgehead atoms. The van der Waals surface area contributed by atoms with E-state index < -0.39 is 0 Å². The number of nitrogens with zero attached hydrogens (tertiary/aromatic N) is 3. The smallest absolute Gasteiger partial charge is 0.291 e. The third-order valence-corrected chi connectivity index (χ3v) is 7.51. The monoisotopic (exact) mass is 437 g/mol. The van der Waals surface area contributed by atoms with Crippen molar-refractivity contribution in [2.45, 2.75) is 41.8 Å². The van der Waals surface area contributed by atoms with Gasteiger partial charge in [0.25, 0.3) is 11.1 Å². The fourth-order valence-corrected chi connectivity index (χ4v) is 5.17. The number of nitrogens with two attached hydrogens (primary N) is 1. The van der Waals surface area contributed by atoms with Crippen LogP contribution in [0.25, 0.3) is 0 Å². The molecule has 2 saturated heterocycles. The zero-order valence-electron chi connectivity index (χ0n) is 16.4. The van der Waals surface area contributed by atoms with E-state index in [0.717, 1.165) is 12.8 Å². The van der Waals surface area contributed by atoms with E-state index >= 15 is 0 Å². The van der Waals surface area contributed by atoms with E-state index in [2.05, 4.69) is 9.97 Å². The predicted octanol–water partition coefficient (Wildman–Crippen LogP) is 1.61. The highest BCUT2D eigenvalue weighted by Gasteiger charge is 2.47. The Balaban J connectivity index is 1.48. The number of hydrogen-bond donors (Lipinski definition) is 2. The molecule has 2 fully saturated rings. The van der Waals surface area contributed by atoms with Crippen molar-refractivity contribution in [1.82, 2.24) is 14.5 Å². The minimum Gasteiger partial charge on any atom is -0.376 e. The molecule has 156 valence electrons. The van der Waals surface area contributed by atoms with Crippen LogP contribution in [0.4, 0.5) is 5.82 Å². The minimum atomic E-state index is -0.283. The Morgan fingerprint density at radius 3 is 2.72 bits per heavy atom. The second-order valence-corrected chi connectivity index (χ2v) is 9.27. The molecule has 2 aromatic heterocycles. The lowest BCUT2D eigenvalue weighted by Crippen LogP contribution is -2.51. The number of halogens is 1. The highest BCUT2D eigenvalue weighted by atomic mass is 35.5. The molecule has 0 unspecified atom stereocenters. The summed E-state index contributed by atoms with van der Waals surface area (Å²) in [5.74, 6) is 0.403. The number of H-pyrrole nitrogens is 1. The molecule has 2 aliphatic heterocycles. The molecule has 2 atom stereocenters. The van der Waals surface area contributed by atoms with Crippen molar-refractivity contribution in [1.29, 1.82) is 0 Å². The fourth-order valence-electron chi connectivity index (χ4n) is 4.07. The average molecular weight is 438 g/mol. The predicted molar refractivity (Wildman–Crippen MR) is 113 cm³/mol. The Hall–Kier alpha value is -1.81. The molecule has 0 aromatic carbocycles. The van der Waals surface area contributed by atoms with E-state index in [4.69, 9.17) is 22.1 Å². The molecular weight excluding hydrogens is 414 g/mol. The largest absolute Gasteiger partial charge is 0.376 e. The standard InChI is InChI=1S/C19H24ClN5O3S/c1-11-15(21)19(10-28-11)4-7-25(8-5-19)16-17(26)23-13(9-22-16)29-12-3-6-24(2)18(27)14(12)20/h3,6,9,11,15H,4-5,7-8,10,21H2,1-2H3,(H,23,26)/t11-,15+/m0/s1. The van der Waals surface area contributed by atoms with Gasteiger partial charge in [0.2, 0.25) is 0 Å². The Kier molecular flexibility index (Phi) is 5.50. The maximum Gasteiger partial charge on any atom is 0.291 e. The molecule has 0 saturated carbocycles. The molecule has 2 aliphatic rings. The van der Waals surface area contributed by atoms with Gasteiger partial charge >= 0.3 is 0 Å². The molecule has 4 heterocycles. The molecule has 0 aliphatic carbocycles. The molecule has 0 amide bonds. The number of aromatic nitrogens is 3. The summed E-state index contributed by atoms with van der Waals surface area (Å²) < 4.78 is 7.16. The van der Waals surface area contributed by atoms with Crippen molar-refractivity contribution in [3.8, 4) is 0 Å². The lowest BCUT2D eigenvalue weighted by Gasteiger charge is -2.41. The second kappa shape index (κ2) is 7.79. The molecule has 8 nitrogen and oxygen atoms in total. The quantitative estimate of drug-likeness (QED) is 0.751. The average Bonchev–Trinajstić information content (AvgIpc) is 2.98. The molecule has 10 heteroatoms. The van der Waals surface area contributed by atoms with Gasteiger partial charge in [-0.3, -0.25) is 9.59 Å². The van der Waals surface area contributed by atoms with Crippen LogP contribution in [0.15, 0.2) is 38.0 Å². The summed E-state index contributed by atoms with van der Waals surface area (Å²) in [6, 6.07) is 1.76. The van der Waals surface area contributed by atoms with Crippen LogP contribution in [-0.2, 0) is 11.8 Å². The zero-order chi connectivity index (χ0) is 20.8. The van der Waals surface area contributed by atoms with Gasteiger partial charge in [0.15, 0.2) is 5.82 Å². The second-order valence-electron chi connectivity index (χ2n) is 7.80. The molecule has 2 aromatic rings. The number of ether oxygens (including phenoxy) is 1. The highest BCUT2D eigenvalue weighted by molar-refractivity contribution is 7.99. The SMILES string of the molecule is C[C@@H]1OCC2(CCN(c3ncc(Sc4ccn(C)c(=O)c4Cl)[nH]c3=O)CC2)[C@@H]1N. The lowest BCUT2D eigenvalue weighted by molar-refractivity contribution is 0.0974. The van der Waals surface area contributed by atoms with Crippen molar-refractivity contribution in [2.24, 2.45) is 18.2 Å². The summed E-state index contributed by atoms with van der Waals surface area (Å²) in [5.41, 5.74) is 5.82. The van der Waals surface area contributed by atoms with Gasteiger partial charge in [0.1, 0.15) is 5.02 Å². The summed E-state index contributed by atoms with van der Waals surface area (Å²) in [7, 11) is 1.63. The van der Waals surface area contributed by atoms with Gasteiger partial charge in [-0.2, -0.15) is 0 Å². The zero-order valence-corrected chi connectivity index (χ0v) is 17.9. The molecule has 3 N–H and O–H groups in total. The Morgan fingerprint density at radius 2 is 2.10 bits per heavy atom. The highest BCUT2D eigenvalue weighted by Crippen LogP contribution is 2.41. The van der Waals surface area contributed by atoms with E-state index in [1.165, 1.54) is 16.3 Å². The molecule has 4 rings (SSSR count). The first-order valence-corrected chi connectivity index (χ1v) is 10.7. The molecule has 29 heavy (non-hydrogen) atoms. The number of piperidine rings is 1. The number of rotatable bonds is 3. The lowest BCUT2D eigenvalue weighted by atomic mass is 9.73. The van der Waals surface area contributed by atoms with Crippen LogP contribution in [0, 0.1) is 5.41 Å². The first-order valence-electron chi connectivity index (χ1n) is 9.55. The summed E-state index contributed by atoms with van der Waals surface area (Å²) in [5, 5.41) is 0.651. The normalized spacial score (nSPS) is 23.7. The minimum absolute atomic E-state index is 0.00525. The third-order valence-electron chi connectivity index (χ3n) is 6.04. The molecular formula is C19H24ClN5O3S. The van der Waals surface area contributed by atoms with Crippen LogP contribution in [0.1, 0.15) is 19.8 Å². The van der Waals surface area contributed by atoms with Crippen LogP contribution >= 0.6 is 23.4 Å². The van der Waals surface area contributed by atoms with Crippen molar-refractivity contribution in [3.63, 3.8) is 0 Å². The van der Waals surface area contributed by atoms with Gasteiger partial charge < -0.3 is 24.9 Å². The van der Waals surface area contributed by atoms with Crippen LogP contribution in [-0.4, -0.2) is 46.4 Å². The topological polar surface area (TPSA) is 106 Å². The first kappa shape index (κ1) is 20.5. The van der Waals surface area contributed by atoms with Crippen LogP contribution in [0.2, 0.25) is 5.02 Å². The Bertz CT molecular complexity index is 1030. The van der Waals surface area contributed by atoms with Gasteiger partial charge in [-0.25, -0.2) is 4.98 Å². The summed E-state index contributed by atoms with van der Waals surface area (Å²) in [4.78, 5) is 34.4. The maximum absolute atomic E-state index is 12.6. The van der Waals surface area contributed by atoms with Gasteiger partial charge in [-0.05, 0) is 25.8 Å².